The van der Waals surface area contributed by atoms with Crippen LogP contribution in [0, 0.1) is 46.3 Å². The summed E-state index contributed by atoms with van der Waals surface area (Å²) < 4.78 is 13.4. The number of hydrogen-bond acceptors (Lipinski definition) is 3. The summed E-state index contributed by atoms with van der Waals surface area (Å²) in [7, 11) is 0. The molecule has 0 amide bonds. The molecule has 0 aromatic carbocycles. The second-order valence-corrected chi connectivity index (χ2v) is 13.2. The van der Waals surface area contributed by atoms with Gasteiger partial charge in [-0.15, -0.1) is 0 Å². The summed E-state index contributed by atoms with van der Waals surface area (Å²) >= 11 is 0. The number of aliphatic hydroxyl groups excluding tert-OH is 1. The van der Waals surface area contributed by atoms with E-state index < -0.39 is 0 Å². The molecule has 2 saturated heterocycles. The Morgan fingerprint density at radius 1 is 0.968 bits per heavy atom. The number of fused-ring (bicyclic) bond motifs is 7. The fourth-order valence-corrected chi connectivity index (χ4v) is 10.1. The molecule has 6 aliphatic rings. The number of ether oxygens (including phenoxy) is 2. The largest absolute Gasteiger partial charge is 0.393 e. The molecule has 1 N–H and O–H groups in total. The van der Waals surface area contributed by atoms with Crippen LogP contribution in [-0.4, -0.2) is 29.7 Å². The zero-order valence-corrected chi connectivity index (χ0v) is 20.5. The lowest BCUT2D eigenvalue weighted by Gasteiger charge is -2.59. The van der Waals surface area contributed by atoms with E-state index in [1.165, 1.54) is 38.5 Å². The Kier molecular flexibility index (Phi) is 4.66. The number of hydrogen-bond donors (Lipinski definition) is 1. The zero-order chi connectivity index (χ0) is 21.8. The van der Waals surface area contributed by atoms with E-state index in [9.17, 15) is 5.11 Å². The summed E-state index contributed by atoms with van der Waals surface area (Å²) in [4.78, 5) is 0. The smallest absolute Gasteiger partial charge is 0.171 e. The molecule has 2 aliphatic heterocycles. The highest BCUT2D eigenvalue weighted by Crippen LogP contribution is 2.71. The minimum atomic E-state index is -0.298. The fraction of sp³-hybridized carbons (Fsp3) is 0.929. The molecule has 31 heavy (non-hydrogen) atoms. The Morgan fingerprint density at radius 2 is 1.77 bits per heavy atom. The minimum Gasteiger partial charge on any atom is -0.393 e. The van der Waals surface area contributed by atoms with E-state index in [0.29, 0.717) is 34.7 Å². The Labute approximate surface area is 189 Å². The summed E-state index contributed by atoms with van der Waals surface area (Å²) in [5.41, 5.74) is 3.95. The van der Waals surface area contributed by atoms with Gasteiger partial charge >= 0.3 is 0 Å². The molecule has 4 aliphatic carbocycles. The van der Waals surface area contributed by atoms with Crippen LogP contribution < -0.4 is 0 Å². The van der Waals surface area contributed by atoms with Gasteiger partial charge in [-0.25, -0.2) is 0 Å². The average Bonchev–Trinajstić information content (AvgIpc) is 3.17. The van der Waals surface area contributed by atoms with Gasteiger partial charge in [0.1, 0.15) is 0 Å². The SMILES string of the molecule is CC1=C2C[C@@H](O)CC[C@]2(C)[C@@H]2CC[C@]3(C)[C@@H]4[C@@H](C)[C@]5(CC[C@H](C)CO5)O[C@@H]4C[C@@H]3[C@H]2C1. The van der Waals surface area contributed by atoms with Crippen LogP contribution in [0.3, 0.4) is 0 Å². The lowest BCUT2D eigenvalue weighted by atomic mass is 9.46. The monoisotopic (exact) mass is 428 g/mol. The Hall–Kier alpha value is -0.380. The van der Waals surface area contributed by atoms with E-state index >= 15 is 0 Å². The summed E-state index contributed by atoms with van der Waals surface area (Å²) in [6.45, 7) is 13.2. The van der Waals surface area contributed by atoms with Gasteiger partial charge in [0, 0.05) is 12.3 Å². The summed E-state index contributed by atoms with van der Waals surface area (Å²) in [6, 6.07) is 0. The molecule has 6 rings (SSSR count). The molecular formula is C28H44O3. The van der Waals surface area contributed by atoms with Gasteiger partial charge in [0.2, 0.25) is 0 Å². The van der Waals surface area contributed by atoms with Crippen molar-refractivity contribution in [3.8, 4) is 0 Å². The van der Waals surface area contributed by atoms with Crippen LogP contribution in [-0.2, 0) is 9.47 Å². The van der Waals surface area contributed by atoms with Gasteiger partial charge < -0.3 is 14.6 Å². The van der Waals surface area contributed by atoms with Crippen molar-refractivity contribution in [1.82, 2.24) is 0 Å². The maximum atomic E-state index is 10.4. The summed E-state index contributed by atoms with van der Waals surface area (Å²) in [5, 5.41) is 10.4. The van der Waals surface area contributed by atoms with Crippen molar-refractivity contribution in [2.24, 2.45) is 46.3 Å². The third kappa shape index (κ3) is 2.75. The van der Waals surface area contributed by atoms with Gasteiger partial charge in [-0.3, -0.25) is 0 Å². The molecule has 2 heterocycles. The Morgan fingerprint density at radius 3 is 2.52 bits per heavy atom. The van der Waals surface area contributed by atoms with Crippen LogP contribution >= 0.6 is 0 Å². The molecule has 0 unspecified atom stereocenters. The van der Waals surface area contributed by atoms with E-state index in [1.54, 1.807) is 11.1 Å². The van der Waals surface area contributed by atoms with Crippen LogP contribution in [0.1, 0.15) is 92.4 Å². The van der Waals surface area contributed by atoms with Gasteiger partial charge in [-0.05, 0) is 98.7 Å². The van der Waals surface area contributed by atoms with Crippen LogP contribution in [0.15, 0.2) is 11.1 Å². The summed E-state index contributed by atoms with van der Waals surface area (Å²) in [5.74, 6) is 3.91. The predicted molar refractivity (Wildman–Crippen MR) is 122 cm³/mol. The molecule has 3 nitrogen and oxygen atoms in total. The maximum absolute atomic E-state index is 10.4. The predicted octanol–water partition coefficient (Wildman–Crippen LogP) is 6.10. The van der Waals surface area contributed by atoms with Gasteiger partial charge in [0.15, 0.2) is 5.79 Å². The average molecular weight is 429 g/mol. The number of allylic oxidation sites excluding steroid dienone is 1. The van der Waals surface area contributed by atoms with Crippen molar-refractivity contribution in [1.29, 1.82) is 0 Å². The third-order valence-electron chi connectivity index (χ3n) is 11.7. The lowest BCUT2D eigenvalue weighted by Crippen LogP contribution is -2.53. The first-order chi connectivity index (χ1) is 14.7. The molecule has 5 fully saturated rings. The summed E-state index contributed by atoms with van der Waals surface area (Å²) in [6.07, 6.45) is 10.9. The number of rotatable bonds is 0. The number of aliphatic hydroxyl groups is 1. The van der Waals surface area contributed by atoms with Crippen LogP contribution in [0.25, 0.3) is 0 Å². The van der Waals surface area contributed by atoms with Crippen LogP contribution in [0.4, 0.5) is 0 Å². The topological polar surface area (TPSA) is 38.7 Å². The molecule has 0 aromatic heterocycles. The molecule has 11 atom stereocenters. The van der Waals surface area contributed by atoms with Crippen molar-refractivity contribution < 1.29 is 14.6 Å². The van der Waals surface area contributed by atoms with Crippen molar-refractivity contribution in [3.63, 3.8) is 0 Å². The van der Waals surface area contributed by atoms with E-state index in [4.69, 9.17) is 9.47 Å². The van der Waals surface area contributed by atoms with E-state index in [1.807, 2.05) is 0 Å². The standard InChI is InChI=1S/C28H44O3/c1-16-6-11-28(30-15-16)18(3)25-24(31-28)14-23-20-12-17(2)22-13-19(29)7-9-26(22,4)21(20)8-10-27(23,25)5/h16,18-21,23-25,29H,6-15H2,1-5H3/t16-,18+,19-,20-,21+,23+,24+,25+,26+,27-,28-/m0/s1. The second kappa shape index (κ2) is 6.83. The first-order valence-corrected chi connectivity index (χ1v) is 13.4. The van der Waals surface area contributed by atoms with E-state index in [2.05, 4.69) is 34.6 Å². The van der Waals surface area contributed by atoms with E-state index in [0.717, 1.165) is 43.6 Å². The van der Waals surface area contributed by atoms with Crippen molar-refractivity contribution in [2.45, 2.75) is 110 Å². The van der Waals surface area contributed by atoms with Gasteiger partial charge in [-0.2, -0.15) is 0 Å². The van der Waals surface area contributed by atoms with Crippen molar-refractivity contribution in [2.75, 3.05) is 6.61 Å². The Bertz CT molecular complexity index is 779. The lowest BCUT2D eigenvalue weighted by molar-refractivity contribution is -0.272. The molecule has 174 valence electrons. The highest BCUT2D eigenvalue weighted by molar-refractivity contribution is 5.31. The molecule has 3 heteroatoms. The molecule has 0 bridgehead atoms. The maximum Gasteiger partial charge on any atom is 0.171 e. The third-order valence-corrected chi connectivity index (χ3v) is 11.7. The van der Waals surface area contributed by atoms with Crippen molar-refractivity contribution >= 4 is 0 Å². The highest BCUT2D eigenvalue weighted by atomic mass is 16.7. The first kappa shape index (κ1) is 21.2. The van der Waals surface area contributed by atoms with Gasteiger partial charge in [0.25, 0.3) is 0 Å². The first-order valence-electron chi connectivity index (χ1n) is 13.4. The Balaban J connectivity index is 1.30. The zero-order valence-electron chi connectivity index (χ0n) is 20.5. The fourth-order valence-electron chi connectivity index (χ4n) is 10.1. The second-order valence-electron chi connectivity index (χ2n) is 13.2. The van der Waals surface area contributed by atoms with Gasteiger partial charge in [-0.1, -0.05) is 38.8 Å². The molecule has 3 saturated carbocycles. The normalized spacial score (nSPS) is 58.6. The molecule has 0 radical (unpaired) electrons. The van der Waals surface area contributed by atoms with Crippen molar-refractivity contribution in [3.05, 3.63) is 11.1 Å². The minimum absolute atomic E-state index is 0.113. The quantitative estimate of drug-likeness (QED) is 0.474. The highest BCUT2D eigenvalue weighted by Gasteiger charge is 2.68. The molecule has 0 aromatic rings. The molecular weight excluding hydrogens is 384 g/mol. The van der Waals surface area contributed by atoms with Crippen LogP contribution in [0.2, 0.25) is 0 Å². The van der Waals surface area contributed by atoms with Gasteiger partial charge in [0.05, 0.1) is 18.8 Å². The van der Waals surface area contributed by atoms with E-state index in [-0.39, 0.29) is 11.9 Å². The molecule has 1 spiro atoms. The van der Waals surface area contributed by atoms with Crippen LogP contribution in [0.5, 0.6) is 0 Å².